The zero-order valence-corrected chi connectivity index (χ0v) is 8.49. The second-order valence-corrected chi connectivity index (χ2v) is 4.34. The Morgan fingerprint density at radius 2 is 2.36 bits per heavy atom. The third-order valence-electron chi connectivity index (χ3n) is 3.41. The van der Waals surface area contributed by atoms with Gasteiger partial charge < -0.3 is 15.2 Å². The summed E-state index contributed by atoms with van der Waals surface area (Å²) in [7, 11) is 1.41. The topological polar surface area (TPSA) is 61.5 Å². The van der Waals surface area contributed by atoms with Crippen LogP contribution in [0.15, 0.2) is 0 Å². The largest absolute Gasteiger partial charge is 0.469 e. The van der Waals surface area contributed by atoms with Crippen LogP contribution < -0.4 is 5.73 Å². The molecule has 4 nitrogen and oxygen atoms in total. The minimum atomic E-state index is -0.190. The number of carbonyl (C=O) groups is 1. The highest BCUT2D eigenvalue weighted by atomic mass is 16.5. The molecule has 3 atom stereocenters. The number of methoxy groups -OCH3 is 1. The second-order valence-electron chi connectivity index (χ2n) is 4.34. The van der Waals surface area contributed by atoms with Crippen molar-refractivity contribution in [1.29, 1.82) is 0 Å². The van der Waals surface area contributed by atoms with Gasteiger partial charge in [0.1, 0.15) is 0 Å². The molecule has 2 fully saturated rings. The van der Waals surface area contributed by atoms with E-state index in [1.807, 2.05) is 0 Å². The van der Waals surface area contributed by atoms with E-state index in [0.717, 1.165) is 32.3 Å². The van der Waals surface area contributed by atoms with Crippen molar-refractivity contribution in [2.24, 2.45) is 11.7 Å². The van der Waals surface area contributed by atoms with Crippen molar-refractivity contribution >= 4 is 5.97 Å². The lowest BCUT2D eigenvalue weighted by atomic mass is 9.97. The summed E-state index contributed by atoms with van der Waals surface area (Å²) in [6, 6.07) is -0.0967. The summed E-state index contributed by atoms with van der Waals surface area (Å²) in [5.41, 5.74) is 5.82. The fraction of sp³-hybridized carbons (Fsp3) is 0.900. The highest BCUT2D eigenvalue weighted by Crippen LogP contribution is 2.43. The van der Waals surface area contributed by atoms with Crippen LogP contribution in [0.4, 0.5) is 0 Å². The average Bonchev–Trinajstić information content (AvgIpc) is 2.74. The monoisotopic (exact) mass is 199 g/mol. The first-order valence-electron chi connectivity index (χ1n) is 5.14. The molecule has 14 heavy (non-hydrogen) atoms. The summed E-state index contributed by atoms with van der Waals surface area (Å²) < 4.78 is 10.4. The molecule has 0 bridgehead atoms. The lowest BCUT2D eigenvalue weighted by Gasteiger charge is -2.21. The molecule has 2 rings (SSSR count). The molecule has 0 amide bonds. The van der Waals surface area contributed by atoms with Crippen LogP contribution in [-0.2, 0) is 14.3 Å². The van der Waals surface area contributed by atoms with Gasteiger partial charge in [-0.15, -0.1) is 0 Å². The summed E-state index contributed by atoms with van der Waals surface area (Å²) in [6.07, 6.45) is 3.66. The van der Waals surface area contributed by atoms with Crippen LogP contribution in [0.5, 0.6) is 0 Å². The predicted molar refractivity (Wildman–Crippen MR) is 50.6 cm³/mol. The van der Waals surface area contributed by atoms with Crippen LogP contribution >= 0.6 is 0 Å². The van der Waals surface area contributed by atoms with Crippen molar-refractivity contribution in [2.75, 3.05) is 13.7 Å². The van der Waals surface area contributed by atoms with Gasteiger partial charge in [0, 0.05) is 12.6 Å². The van der Waals surface area contributed by atoms with Gasteiger partial charge in [0.2, 0.25) is 0 Å². The normalized spacial score (nSPS) is 41.9. The van der Waals surface area contributed by atoms with Crippen molar-refractivity contribution in [3.05, 3.63) is 0 Å². The minimum absolute atomic E-state index is 0.0967. The molecule has 80 valence electrons. The molecule has 1 saturated carbocycles. The number of esters is 1. The zero-order valence-electron chi connectivity index (χ0n) is 8.49. The Hall–Kier alpha value is -0.610. The number of nitrogens with two attached hydrogens (primary N) is 1. The Morgan fingerprint density at radius 1 is 1.57 bits per heavy atom. The van der Waals surface area contributed by atoms with E-state index in [4.69, 9.17) is 15.2 Å². The smallest absolute Gasteiger partial charge is 0.310 e. The Bertz CT molecular complexity index is 236. The first-order chi connectivity index (χ1) is 6.67. The SMILES string of the molecule is COC(=O)[C@H]1C[C@]2(CCCO2)C[C@H]1N. The number of hydrogen-bond acceptors (Lipinski definition) is 4. The van der Waals surface area contributed by atoms with Gasteiger partial charge in [0.05, 0.1) is 18.6 Å². The van der Waals surface area contributed by atoms with Crippen molar-refractivity contribution < 1.29 is 14.3 Å². The van der Waals surface area contributed by atoms with Crippen molar-refractivity contribution in [2.45, 2.75) is 37.3 Å². The summed E-state index contributed by atoms with van der Waals surface area (Å²) in [4.78, 5) is 11.4. The van der Waals surface area contributed by atoms with Gasteiger partial charge in [0.15, 0.2) is 0 Å². The van der Waals surface area contributed by atoms with Crippen LogP contribution in [0.3, 0.4) is 0 Å². The molecule has 0 unspecified atom stereocenters. The van der Waals surface area contributed by atoms with E-state index >= 15 is 0 Å². The predicted octanol–water partition coefficient (Wildman–Crippen LogP) is 0.446. The molecule has 0 aromatic rings. The van der Waals surface area contributed by atoms with Crippen LogP contribution in [0.25, 0.3) is 0 Å². The van der Waals surface area contributed by atoms with Crippen molar-refractivity contribution in [3.63, 3.8) is 0 Å². The minimum Gasteiger partial charge on any atom is -0.469 e. The Morgan fingerprint density at radius 3 is 2.93 bits per heavy atom. The van der Waals surface area contributed by atoms with Gasteiger partial charge in [-0.1, -0.05) is 0 Å². The van der Waals surface area contributed by atoms with Gasteiger partial charge in [-0.05, 0) is 25.7 Å². The maximum atomic E-state index is 11.4. The molecule has 0 aromatic carbocycles. The standard InChI is InChI=1S/C10H17NO3/c1-13-9(12)7-5-10(6-8(7)11)3-2-4-14-10/h7-8H,2-6,11H2,1H3/t7-,8+,10+/m0/s1. The van der Waals surface area contributed by atoms with Crippen LogP contribution in [0.1, 0.15) is 25.7 Å². The highest BCUT2D eigenvalue weighted by molar-refractivity contribution is 5.73. The second kappa shape index (κ2) is 3.51. The van der Waals surface area contributed by atoms with E-state index in [9.17, 15) is 4.79 Å². The third kappa shape index (κ3) is 1.53. The highest BCUT2D eigenvalue weighted by Gasteiger charge is 2.49. The van der Waals surface area contributed by atoms with Crippen LogP contribution in [0, 0.1) is 5.92 Å². The molecular formula is C10H17NO3. The molecule has 1 heterocycles. The maximum Gasteiger partial charge on any atom is 0.310 e. The summed E-state index contributed by atoms with van der Waals surface area (Å²) in [5.74, 6) is -0.358. The van der Waals surface area contributed by atoms with Gasteiger partial charge in [0.25, 0.3) is 0 Å². The molecule has 2 aliphatic rings. The van der Waals surface area contributed by atoms with Crippen LogP contribution in [0.2, 0.25) is 0 Å². The number of hydrogen-bond donors (Lipinski definition) is 1. The molecule has 1 spiro atoms. The Kier molecular flexibility index (Phi) is 2.49. The van der Waals surface area contributed by atoms with Crippen molar-refractivity contribution in [1.82, 2.24) is 0 Å². The van der Waals surface area contributed by atoms with Gasteiger partial charge in [-0.3, -0.25) is 4.79 Å². The fourth-order valence-corrected chi connectivity index (χ4v) is 2.69. The first-order valence-corrected chi connectivity index (χ1v) is 5.14. The van der Waals surface area contributed by atoms with E-state index in [-0.39, 0.29) is 23.5 Å². The molecule has 0 aromatic heterocycles. The lowest BCUT2D eigenvalue weighted by Crippen LogP contribution is -2.31. The number of carbonyl (C=O) groups excluding carboxylic acids is 1. The number of ether oxygens (including phenoxy) is 2. The average molecular weight is 199 g/mol. The lowest BCUT2D eigenvalue weighted by molar-refractivity contribution is -0.146. The summed E-state index contributed by atoms with van der Waals surface area (Å²) in [6.45, 7) is 0.806. The summed E-state index contributed by atoms with van der Waals surface area (Å²) in [5, 5.41) is 0. The molecule has 0 radical (unpaired) electrons. The molecule has 4 heteroatoms. The van der Waals surface area contributed by atoms with Crippen molar-refractivity contribution in [3.8, 4) is 0 Å². The van der Waals surface area contributed by atoms with E-state index < -0.39 is 0 Å². The Balaban J connectivity index is 2.06. The van der Waals surface area contributed by atoms with Gasteiger partial charge in [-0.2, -0.15) is 0 Å². The third-order valence-corrected chi connectivity index (χ3v) is 3.41. The number of rotatable bonds is 1. The fourth-order valence-electron chi connectivity index (χ4n) is 2.69. The van der Waals surface area contributed by atoms with E-state index in [0.29, 0.717) is 0 Å². The zero-order chi connectivity index (χ0) is 10.2. The Labute approximate surface area is 83.7 Å². The maximum absolute atomic E-state index is 11.4. The molecule has 1 aliphatic carbocycles. The quantitative estimate of drug-likeness (QED) is 0.623. The van der Waals surface area contributed by atoms with E-state index in [2.05, 4.69) is 0 Å². The first kappa shape index (κ1) is 9.93. The van der Waals surface area contributed by atoms with E-state index in [1.165, 1.54) is 7.11 Å². The van der Waals surface area contributed by atoms with E-state index in [1.54, 1.807) is 0 Å². The molecular weight excluding hydrogens is 182 g/mol. The molecule has 1 saturated heterocycles. The molecule has 1 aliphatic heterocycles. The molecule has 2 N–H and O–H groups in total. The van der Waals surface area contributed by atoms with Crippen LogP contribution in [-0.4, -0.2) is 31.3 Å². The van der Waals surface area contributed by atoms with Gasteiger partial charge in [-0.25, -0.2) is 0 Å². The van der Waals surface area contributed by atoms with Gasteiger partial charge >= 0.3 is 5.97 Å². The summed E-state index contributed by atoms with van der Waals surface area (Å²) >= 11 is 0.